The summed E-state index contributed by atoms with van der Waals surface area (Å²) in [5, 5.41) is 0. The van der Waals surface area contributed by atoms with Crippen LogP contribution in [-0.4, -0.2) is 12.1 Å². The van der Waals surface area contributed by atoms with Crippen molar-refractivity contribution in [3.05, 3.63) is 23.7 Å². The molecular weight excluding hydrogens is 178 g/mol. The molecule has 1 saturated carbocycles. The molecule has 2 atom stereocenters. The van der Waals surface area contributed by atoms with Crippen LogP contribution in [0.15, 0.2) is 16.5 Å². The molecule has 1 fully saturated rings. The van der Waals surface area contributed by atoms with Crippen molar-refractivity contribution in [2.24, 2.45) is 5.73 Å². The van der Waals surface area contributed by atoms with Gasteiger partial charge in [0.15, 0.2) is 0 Å². The van der Waals surface area contributed by atoms with E-state index in [9.17, 15) is 0 Å². The summed E-state index contributed by atoms with van der Waals surface area (Å²) in [4.78, 5) is 0. The average molecular weight is 195 g/mol. The Morgan fingerprint density at radius 3 is 2.93 bits per heavy atom. The molecule has 0 radical (unpaired) electrons. The van der Waals surface area contributed by atoms with Crippen molar-refractivity contribution in [2.75, 3.05) is 0 Å². The van der Waals surface area contributed by atoms with Gasteiger partial charge in [-0.2, -0.15) is 0 Å². The normalized spacial score (nSPS) is 27.0. The number of ether oxygens (including phenoxy) is 1. The lowest BCUT2D eigenvalue weighted by molar-refractivity contribution is 0.0261. The maximum Gasteiger partial charge on any atom is 0.129 e. The van der Waals surface area contributed by atoms with Crippen LogP contribution in [-0.2, 0) is 11.3 Å². The molecule has 3 heteroatoms. The molecule has 0 aliphatic heterocycles. The summed E-state index contributed by atoms with van der Waals surface area (Å²) in [6.07, 6.45) is 3.58. The molecule has 14 heavy (non-hydrogen) atoms. The zero-order valence-electron chi connectivity index (χ0n) is 8.53. The molecule has 0 aromatic carbocycles. The van der Waals surface area contributed by atoms with Crippen LogP contribution >= 0.6 is 0 Å². The van der Waals surface area contributed by atoms with Crippen molar-refractivity contribution < 1.29 is 9.15 Å². The number of aryl methyl sites for hydroxylation is 1. The van der Waals surface area contributed by atoms with Crippen LogP contribution in [0.25, 0.3) is 0 Å². The molecule has 0 saturated heterocycles. The number of nitrogens with two attached hydrogens (primary N) is 1. The zero-order valence-corrected chi connectivity index (χ0v) is 8.53. The first-order chi connectivity index (χ1) is 6.75. The lowest BCUT2D eigenvalue weighted by atomic mass is 10.2. The average Bonchev–Trinajstić information content (AvgIpc) is 2.72. The molecule has 0 amide bonds. The topological polar surface area (TPSA) is 48.4 Å². The summed E-state index contributed by atoms with van der Waals surface area (Å²) >= 11 is 0. The molecule has 0 spiro atoms. The van der Waals surface area contributed by atoms with E-state index >= 15 is 0 Å². The fourth-order valence-electron chi connectivity index (χ4n) is 1.91. The van der Waals surface area contributed by atoms with Crippen LogP contribution in [0, 0.1) is 6.92 Å². The molecule has 2 rings (SSSR count). The van der Waals surface area contributed by atoms with Crippen LogP contribution in [0.2, 0.25) is 0 Å². The van der Waals surface area contributed by atoms with Gasteiger partial charge in [0.05, 0.1) is 6.10 Å². The second-order valence-electron chi connectivity index (χ2n) is 3.96. The van der Waals surface area contributed by atoms with Crippen LogP contribution < -0.4 is 5.73 Å². The monoisotopic (exact) mass is 195 g/mol. The summed E-state index contributed by atoms with van der Waals surface area (Å²) < 4.78 is 11.1. The summed E-state index contributed by atoms with van der Waals surface area (Å²) in [5.74, 6) is 1.82. The minimum Gasteiger partial charge on any atom is -0.464 e. The van der Waals surface area contributed by atoms with Crippen LogP contribution in [0.4, 0.5) is 0 Å². The Balaban J connectivity index is 1.82. The van der Waals surface area contributed by atoms with Crippen molar-refractivity contribution in [2.45, 2.75) is 44.9 Å². The molecule has 1 aromatic rings. The van der Waals surface area contributed by atoms with Gasteiger partial charge in [-0.15, -0.1) is 0 Å². The van der Waals surface area contributed by atoms with Gasteiger partial charge in [0.1, 0.15) is 18.1 Å². The molecule has 3 nitrogen and oxygen atoms in total. The zero-order chi connectivity index (χ0) is 9.97. The number of hydrogen-bond donors (Lipinski definition) is 1. The quantitative estimate of drug-likeness (QED) is 0.802. The van der Waals surface area contributed by atoms with Crippen LogP contribution in [0.5, 0.6) is 0 Å². The molecule has 78 valence electrons. The second-order valence-corrected chi connectivity index (χ2v) is 3.96. The maximum absolute atomic E-state index is 5.89. The Bertz CT molecular complexity index is 295. The smallest absolute Gasteiger partial charge is 0.129 e. The van der Waals surface area contributed by atoms with E-state index in [0.717, 1.165) is 24.4 Å². The van der Waals surface area contributed by atoms with Crippen molar-refractivity contribution in [3.8, 4) is 0 Å². The molecule has 2 unspecified atom stereocenters. The third kappa shape index (κ3) is 2.16. The predicted octanol–water partition coefficient (Wildman–Crippen LogP) is 1.98. The molecular formula is C11H17NO2. The van der Waals surface area contributed by atoms with E-state index in [2.05, 4.69) is 0 Å². The van der Waals surface area contributed by atoms with E-state index in [4.69, 9.17) is 14.9 Å². The van der Waals surface area contributed by atoms with Gasteiger partial charge in [0.25, 0.3) is 0 Å². The van der Waals surface area contributed by atoms with Crippen LogP contribution in [0.3, 0.4) is 0 Å². The fraction of sp³-hybridized carbons (Fsp3) is 0.636. The van der Waals surface area contributed by atoms with Gasteiger partial charge < -0.3 is 14.9 Å². The Labute approximate surface area is 84.2 Å². The second kappa shape index (κ2) is 4.15. The highest BCUT2D eigenvalue weighted by atomic mass is 16.5. The summed E-state index contributed by atoms with van der Waals surface area (Å²) in [5.41, 5.74) is 5.89. The lowest BCUT2D eigenvalue weighted by Gasteiger charge is -2.15. The first-order valence-electron chi connectivity index (χ1n) is 5.18. The van der Waals surface area contributed by atoms with Gasteiger partial charge in [-0.1, -0.05) is 0 Å². The van der Waals surface area contributed by atoms with E-state index in [1.807, 2.05) is 19.1 Å². The van der Waals surface area contributed by atoms with E-state index < -0.39 is 0 Å². The summed E-state index contributed by atoms with van der Waals surface area (Å²) in [6.45, 7) is 2.48. The first-order valence-corrected chi connectivity index (χ1v) is 5.18. The number of rotatable bonds is 3. The molecule has 2 N–H and O–H groups in total. The van der Waals surface area contributed by atoms with Crippen LogP contribution in [0.1, 0.15) is 30.8 Å². The number of hydrogen-bond acceptors (Lipinski definition) is 3. The predicted molar refractivity (Wildman–Crippen MR) is 53.8 cm³/mol. The van der Waals surface area contributed by atoms with Gasteiger partial charge >= 0.3 is 0 Å². The minimum atomic E-state index is 0.214. The minimum absolute atomic E-state index is 0.214. The highest BCUT2D eigenvalue weighted by molar-refractivity contribution is 5.04. The Morgan fingerprint density at radius 2 is 2.36 bits per heavy atom. The van der Waals surface area contributed by atoms with Gasteiger partial charge in [0.2, 0.25) is 0 Å². The lowest BCUT2D eigenvalue weighted by Crippen LogP contribution is -2.31. The van der Waals surface area contributed by atoms with Crippen molar-refractivity contribution in [3.63, 3.8) is 0 Å². The molecule has 1 heterocycles. The third-order valence-corrected chi connectivity index (χ3v) is 2.74. The molecule has 0 bridgehead atoms. The first kappa shape index (κ1) is 9.74. The van der Waals surface area contributed by atoms with Gasteiger partial charge in [-0.25, -0.2) is 0 Å². The van der Waals surface area contributed by atoms with E-state index in [0.29, 0.717) is 6.61 Å². The fourth-order valence-corrected chi connectivity index (χ4v) is 1.91. The number of furan rings is 1. The summed E-state index contributed by atoms with van der Waals surface area (Å²) in [6, 6.07) is 4.12. The van der Waals surface area contributed by atoms with Crippen molar-refractivity contribution in [1.29, 1.82) is 0 Å². The standard InChI is InChI=1S/C11H17NO2/c1-8-5-6-9(14-8)7-13-11-4-2-3-10(11)12/h5-6,10-11H,2-4,7,12H2,1H3. The van der Waals surface area contributed by atoms with Crippen molar-refractivity contribution >= 4 is 0 Å². The highest BCUT2D eigenvalue weighted by Gasteiger charge is 2.24. The highest BCUT2D eigenvalue weighted by Crippen LogP contribution is 2.21. The third-order valence-electron chi connectivity index (χ3n) is 2.74. The van der Waals surface area contributed by atoms with Gasteiger partial charge in [-0.05, 0) is 38.3 Å². The SMILES string of the molecule is Cc1ccc(COC2CCCC2N)o1. The Morgan fingerprint density at radius 1 is 1.50 bits per heavy atom. The van der Waals surface area contributed by atoms with Gasteiger partial charge in [0, 0.05) is 6.04 Å². The Kier molecular flexibility index (Phi) is 2.89. The molecule has 1 aliphatic carbocycles. The van der Waals surface area contributed by atoms with E-state index in [1.165, 1.54) is 6.42 Å². The largest absolute Gasteiger partial charge is 0.464 e. The van der Waals surface area contributed by atoms with E-state index in [-0.39, 0.29) is 12.1 Å². The maximum atomic E-state index is 5.89. The van der Waals surface area contributed by atoms with Crippen molar-refractivity contribution in [1.82, 2.24) is 0 Å². The molecule has 1 aromatic heterocycles. The molecule has 1 aliphatic rings. The Hall–Kier alpha value is -0.800. The summed E-state index contributed by atoms with van der Waals surface area (Å²) in [7, 11) is 0. The van der Waals surface area contributed by atoms with E-state index in [1.54, 1.807) is 0 Å². The van der Waals surface area contributed by atoms with Gasteiger partial charge in [-0.3, -0.25) is 0 Å².